The molecule has 0 fully saturated rings. The van der Waals surface area contributed by atoms with Gasteiger partial charge in [-0.3, -0.25) is 4.98 Å². The summed E-state index contributed by atoms with van der Waals surface area (Å²) in [4.78, 5) is 5.62. The number of hydrogen-bond acceptors (Lipinski definition) is 4. The van der Waals surface area contributed by atoms with Crippen LogP contribution in [0.4, 0.5) is 0 Å². The summed E-state index contributed by atoms with van der Waals surface area (Å²) in [5.41, 5.74) is 2.47. The largest absolute Gasteiger partial charge is 0.253 e. The van der Waals surface area contributed by atoms with Crippen molar-refractivity contribution in [3.05, 3.63) is 53.2 Å². The Balaban J connectivity index is 1.99. The van der Waals surface area contributed by atoms with Crippen molar-refractivity contribution in [1.82, 2.24) is 25.2 Å². The predicted molar refractivity (Wildman–Crippen MR) is 72.1 cm³/mol. The molecule has 0 unspecified atom stereocenters. The van der Waals surface area contributed by atoms with Crippen molar-refractivity contribution in [3.63, 3.8) is 0 Å². The molecular weight excluding hydrogens is 262 g/mol. The Labute approximate surface area is 114 Å². The van der Waals surface area contributed by atoms with E-state index in [-0.39, 0.29) is 0 Å². The van der Waals surface area contributed by atoms with E-state index >= 15 is 0 Å². The Kier molecular flexibility index (Phi) is 2.97. The number of hydrogen-bond donors (Lipinski definition) is 0. The van der Waals surface area contributed by atoms with E-state index < -0.39 is 0 Å². The summed E-state index contributed by atoms with van der Waals surface area (Å²) in [6.45, 7) is 1.94. The maximum atomic E-state index is 6.09. The summed E-state index contributed by atoms with van der Waals surface area (Å²) in [6.07, 6.45) is 1.69. The Morgan fingerprint density at radius 3 is 2.79 bits per heavy atom. The zero-order valence-electron chi connectivity index (χ0n) is 10.2. The van der Waals surface area contributed by atoms with Crippen molar-refractivity contribution < 1.29 is 0 Å². The first-order chi connectivity index (χ1) is 9.24. The van der Waals surface area contributed by atoms with Crippen molar-refractivity contribution >= 4 is 11.6 Å². The zero-order chi connectivity index (χ0) is 13.2. The first-order valence-corrected chi connectivity index (χ1v) is 6.10. The normalized spacial score (nSPS) is 10.6. The molecule has 0 aliphatic carbocycles. The predicted octanol–water partition coefficient (Wildman–Crippen LogP) is 2.69. The van der Waals surface area contributed by atoms with Crippen molar-refractivity contribution in [1.29, 1.82) is 0 Å². The number of halogens is 1. The van der Waals surface area contributed by atoms with E-state index in [1.54, 1.807) is 12.3 Å². The van der Waals surface area contributed by atoms with Crippen LogP contribution in [0.2, 0.25) is 5.02 Å². The van der Waals surface area contributed by atoms with E-state index in [2.05, 4.69) is 20.4 Å². The lowest BCUT2D eigenvalue weighted by Gasteiger charge is -2.01. The number of tetrazole rings is 1. The van der Waals surface area contributed by atoms with Crippen LogP contribution in [0.1, 0.15) is 5.56 Å². The number of rotatable bonds is 2. The van der Waals surface area contributed by atoms with Crippen LogP contribution in [-0.2, 0) is 0 Å². The van der Waals surface area contributed by atoms with Crippen LogP contribution in [0.3, 0.4) is 0 Å². The lowest BCUT2D eigenvalue weighted by molar-refractivity contribution is 0.720. The lowest BCUT2D eigenvalue weighted by atomic mass is 10.2. The molecule has 2 aromatic heterocycles. The van der Waals surface area contributed by atoms with E-state index in [1.165, 1.54) is 4.80 Å². The molecule has 0 atom stereocenters. The maximum absolute atomic E-state index is 6.09. The van der Waals surface area contributed by atoms with Gasteiger partial charge in [-0.1, -0.05) is 23.7 Å². The fourth-order valence-electron chi connectivity index (χ4n) is 1.63. The lowest BCUT2D eigenvalue weighted by Crippen LogP contribution is -1.99. The molecule has 0 aliphatic heterocycles. The molecule has 0 saturated heterocycles. The minimum atomic E-state index is 0.484. The minimum Gasteiger partial charge on any atom is -0.253 e. The fourth-order valence-corrected chi connectivity index (χ4v) is 1.80. The molecular formula is C13H10ClN5. The summed E-state index contributed by atoms with van der Waals surface area (Å²) in [6, 6.07) is 11.2. The van der Waals surface area contributed by atoms with Crippen molar-refractivity contribution in [2.75, 3.05) is 0 Å². The second-order valence-electron chi connectivity index (χ2n) is 4.05. The number of nitrogens with zero attached hydrogens (tertiary/aromatic N) is 5. The summed E-state index contributed by atoms with van der Waals surface area (Å²) < 4.78 is 0. The molecule has 1 aromatic carbocycles. The first-order valence-electron chi connectivity index (χ1n) is 5.72. The Morgan fingerprint density at radius 2 is 2.05 bits per heavy atom. The van der Waals surface area contributed by atoms with Crippen LogP contribution in [-0.4, -0.2) is 25.2 Å². The van der Waals surface area contributed by atoms with Gasteiger partial charge in [-0.05, 0) is 42.0 Å². The molecule has 19 heavy (non-hydrogen) atoms. The van der Waals surface area contributed by atoms with Crippen LogP contribution in [0.25, 0.3) is 17.2 Å². The number of benzene rings is 1. The molecule has 0 bridgehead atoms. The van der Waals surface area contributed by atoms with Gasteiger partial charge in [0, 0.05) is 11.2 Å². The molecule has 2 heterocycles. The summed E-state index contributed by atoms with van der Waals surface area (Å²) >= 11 is 6.09. The zero-order valence-corrected chi connectivity index (χ0v) is 10.9. The molecule has 0 aliphatic rings. The van der Waals surface area contributed by atoms with Crippen LogP contribution >= 0.6 is 11.6 Å². The van der Waals surface area contributed by atoms with Gasteiger partial charge in [0.2, 0.25) is 5.82 Å². The van der Waals surface area contributed by atoms with Crippen molar-refractivity contribution in [2.45, 2.75) is 6.92 Å². The van der Waals surface area contributed by atoms with Crippen LogP contribution in [0, 0.1) is 6.92 Å². The maximum Gasteiger partial charge on any atom is 0.223 e. The molecule has 0 saturated carbocycles. The van der Waals surface area contributed by atoms with Gasteiger partial charge in [0.25, 0.3) is 0 Å². The molecule has 3 rings (SSSR count). The molecule has 6 heteroatoms. The molecule has 5 nitrogen and oxygen atoms in total. The second kappa shape index (κ2) is 4.78. The molecule has 0 radical (unpaired) electrons. The van der Waals surface area contributed by atoms with E-state index in [1.807, 2.05) is 37.3 Å². The Hall–Kier alpha value is -2.27. The summed E-state index contributed by atoms with van der Waals surface area (Å²) in [5.74, 6) is 0.484. The average Bonchev–Trinajstić information content (AvgIpc) is 2.93. The Morgan fingerprint density at radius 1 is 1.16 bits per heavy atom. The van der Waals surface area contributed by atoms with Crippen LogP contribution < -0.4 is 0 Å². The summed E-state index contributed by atoms with van der Waals surface area (Å²) in [7, 11) is 0. The van der Waals surface area contributed by atoms with Gasteiger partial charge >= 0.3 is 0 Å². The number of pyridine rings is 1. The SMILES string of the molecule is Cc1ccc(-n2nnc(-c3ccccn3)n2)cc1Cl. The standard InChI is InChI=1S/C13H10ClN5/c1-9-5-6-10(8-11(9)14)19-17-13(16-18-19)12-4-2-3-7-15-12/h2-8H,1H3. The first kappa shape index (κ1) is 11.8. The molecule has 0 N–H and O–H groups in total. The van der Waals surface area contributed by atoms with Gasteiger partial charge in [0.05, 0.1) is 5.69 Å². The van der Waals surface area contributed by atoms with E-state index in [9.17, 15) is 0 Å². The van der Waals surface area contributed by atoms with Gasteiger partial charge in [-0.15, -0.1) is 15.0 Å². The summed E-state index contributed by atoms with van der Waals surface area (Å²) in [5, 5.41) is 13.0. The smallest absolute Gasteiger partial charge is 0.223 e. The topological polar surface area (TPSA) is 56.5 Å². The highest BCUT2D eigenvalue weighted by atomic mass is 35.5. The van der Waals surface area contributed by atoms with Gasteiger partial charge in [0.1, 0.15) is 5.69 Å². The van der Waals surface area contributed by atoms with Crippen molar-refractivity contribution in [2.24, 2.45) is 0 Å². The third-order valence-corrected chi connectivity index (χ3v) is 3.10. The van der Waals surface area contributed by atoms with Crippen LogP contribution in [0.5, 0.6) is 0 Å². The molecule has 0 amide bonds. The monoisotopic (exact) mass is 271 g/mol. The second-order valence-corrected chi connectivity index (χ2v) is 4.46. The highest BCUT2D eigenvalue weighted by Gasteiger charge is 2.08. The molecule has 94 valence electrons. The van der Waals surface area contributed by atoms with Crippen molar-refractivity contribution in [3.8, 4) is 17.2 Å². The van der Waals surface area contributed by atoms with Crippen LogP contribution in [0.15, 0.2) is 42.6 Å². The average molecular weight is 272 g/mol. The quantitative estimate of drug-likeness (QED) is 0.719. The van der Waals surface area contributed by atoms with E-state index in [0.717, 1.165) is 11.3 Å². The third-order valence-electron chi connectivity index (χ3n) is 2.69. The number of aryl methyl sites for hydroxylation is 1. The van der Waals surface area contributed by atoms with E-state index in [0.29, 0.717) is 16.5 Å². The van der Waals surface area contributed by atoms with E-state index in [4.69, 9.17) is 11.6 Å². The van der Waals surface area contributed by atoms with Gasteiger partial charge in [0.15, 0.2) is 0 Å². The highest BCUT2D eigenvalue weighted by molar-refractivity contribution is 6.31. The minimum absolute atomic E-state index is 0.484. The van der Waals surface area contributed by atoms with Gasteiger partial charge in [-0.2, -0.15) is 0 Å². The van der Waals surface area contributed by atoms with Gasteiger partial charge < -0.3 is 0 Å². The fraction of sp³-hybridized carbons (Fsp3) is 0.0769. The number of aromatic nitrogens is 5. The van der Waals surface area contributed by atoms with Gasteiger partial charge in [-0.25, -0.2) is 0 Å². The highest BCUT2D eigenvalue weighted by Crippen LogP contribution is 2.19. The Bertz CT molecular complexity index is 708. The molecule has 0 spiro atoms. The third kappa shape index (κ3) is 2.32. The molecule has 3 aromatic rings.